The van der Waals surface area contributed by atoms with E-state index in [1.807, 2.05) is 42.6 Å². The van der Waals surface area contributed by atoms with Crippen molar-refractivity contribution >= 4 is 0 Å². The topological polar surface area (TPSA) is 51.6 Å². The van der Waals surface area contributed by atoms with Gasteiger partial charge in [0.25, 0.3) is 0 Å². The normalized spacial score (nSPS) is 12.8. The van der Waals surface area contributed by atoms with E-state index < -0.39 is 0 Å². The second kappa shape index (κ2) is 10.8. The summed E-state index contributed by atoms with van der Waals surface area (Å²) in [5.74, 6) is 1.93. The van der Waals surface area contributed by atoms with Crippen LogP contribution in [-0.4, -0.2) is 19.9 Å². The average Bonchev–Trinajstić information content (AvgIpc) is 3.35. The molecule has 1 aliphatic carbocycles. The van der Waals surface area contributed by atoms with E-state index in [0.29, 0.717) is 17.5 Å². The van der Waals surface area contributed by atoms with Gasteiger partial charge in [-0.25, -0.2) is 15.0 Å². The quantitative estimate of drug-likeness (QED) is 0.204. The van der Waals surface area contributed by atoms with Gasteiger partial charge in [0.2, 0.25) is 0 Å². The molecule has 0 saturated carbocycles. The zero-order valence-corrected chi connectivity index (χ0v) is 25.1. The van der Waals surface area contributed by atoms with Gasteiger partial charge in [0, 0.05) is 34.5 Å². The lowest BCUT2D eigenvalue weighted by molar-refractivity contribution is 0.660. The number of hydrogen-bond donors (Lipinski definition) is 0. The molecule has 0 saturated heterocycles. The van der Waals surface area contributed by atoms with Crippen molar-refractivity contribution in [3.8, 4) is 67.5 Å². The lowest BCUT2D eigenvalue weighted by Gasteiger charge is -2.21. The zero-order valence-electron chi connectivity index (χ0n) is 25.1. The summed E-state index contributed by atoms with van der Waals surface area (Å²) in [5.41, 5.74) is 12.6. The van der Waals surface area contributed by atoms with Crippen LogP contribution in [0.3, 0.4) is 0 Å². The third-order valence-corrected chi connectivity index (χ3v) is 8.84. The zero-order chi connectivity index (χ0) is 30.4. The van der Waals surface area contributed by atoms with Crippen molar-refractivity contribution in [2.24, 2.45) is 0 Å². The molecule has 5 aromatic carbocycles. The van der Waals surface area contributed by atoms with E-state index >= 15 is 0 Å². The Morgan fingerprint density at radius 1 is 0.422 bits per heavy atom. The number of rotatable bonds is 5. The summed E-state index contributed by atoms with van der Waals surface area (Å²) in [5, 5.41) is 0. The number of fused-ring (bicyclic) bond motifs is 3. The SMILES string of the molecule is CC1(C)c2ccccc2-c2c(-c3cccc(-c4nc(-c5ccccc5)nc(-c5ccc(-c6cccnc6)cc5)n4)c3)cccc21. The average molecular weight is 579 g/mol. The van der Waals surface area contributed by atoms with E-state index in [-0.39, 0.29) is 5.41 Å². The maximum absolute atomic E-state index is 5.03. The van der Waals surface area contributed by atoms with Crippen molar-refractivity contribution in [3.05, 3.63) is 157 Å². The maximum Gasteiger partial charge on any atom is 0.164 e. The van der Waals surface area contributed by atoms with E-state index in [4.69, 9.17) is 15.0 Å². The van der Waals surface area contributed by atoms with Crippen molar-refractivity contribution < 1.29 is 0 Å². The molecule has 45 heavy (non-hydrogen) atoms. The Bertz CT molecular complexity index is 2170. The van der Waals surface area contributed by atoms with Crippen LogP contribution in [0.15, 0.2) is 146 Å². The molecular weight excluding hydrogens is 548 g/mol. The Morgan fingerprint density at radius 3 is 1.73 bits per heavy atom. The smallest absolute Gasteiger partial charge is 0.164 e. The van der Waals surface area contributed by atoms with Crippen LogP contribution in [0.4, 0.5) is 0 Å². The van der Waals surface area contributed by atoms with Crippen molar-refractivity contribution in [3.63, 3.8) is 0 Å². The van der Waals surface area contributed by atoms with E-state index in [1.54, 1.807) is 6.20 Å². The van der Waals surface area contributed by atoms with Crippen molar-refractivity contribution in [1.29, 1.82) is 0 Å². The first-order valence-corrected chi connectivity index (χ1v) is 15.2. The van der Waals surface area contributed by atoms with Crippen molar-refractivity contribution in [1.82, 2.24) is 19.9 Å². The summed E-state index contributed by atoms with van der Waals surface area (Å²) in [6.45, 7) is 4.64. The minimum absolute atomic E-state index is 0.0557. The Hall–Kier alpha value is -5.74. The van der Waals surface area contributed by atoms with Crippen LogP contribution < -0.4 is 0 Å². The highest BCUT2D eigenvalue weighted by atomic mass is 15.0. The summed E-state index contributed by atoms with van der Waals surface area (Å²) >= 11 is 0. The highest BCUT2D eigenvalue weighted by Gasteiger charge is 2.36. The molecule has 0 unspecified atom stereocenters. The van der Waals surface area contributed by atoms with Gasteiger partial charge in [0.05, 0.1) is 0 Å². The molecule has 0 amide bonds. The minimum atomic E-state index is -0.0557. The monoisotopic (exact) mass is 578 g/mol. The molecule has 0 fully saturated rings. The van der Waals surface area contributed by atoms with Crippen molar-refractivity contribution in [2.45, 2.75) is 19.3 Å². The van der Waals surface area contributed by atoms with Gasteiger partial charge in [0.1, 0.15) is 0 Å². The lowest BCUT2D eigenvalue weighted by atomic mass is 9.82. The molecule has 0 bridgehead atoms. The molecule has 0 N–H and O–H groups in total. The molecular formula is C41H30N4. The maximum atomic E-state index is 5.03. The lowest BCUT2D eigenvalue weighted by Crippen LogP contribution is -2.14. The van der Waals surface area contributed by atoms with Gasteiger partial charge in [-0.05, 0) is 56.6 Å². The van der Waals surface area contributed by atoms with Crippen molar-refractivity contribution in [2.75, 3.05) is 0 Å². The summed E-state index contributed by atoms with van der Waals surface area (Å²) in [4.78, 5) is 19.2. The van der Waals surface area contributed by atoms with Gasteiger partial charge in [-0.3, -0.25) is 4.98 Å². The molecule has 0 radical (unpaired) electrons. The largest absolute Gasteiger partial charge is 0.264 e. The third-order valence-electron chi connectivity index (χ3n) is 8.84. The molecule has 8 rings (SSSR count). The minimum Gasteiger partial charge on any atom is -0.264 e. The first kappa shape index (κ1) is 26.9. The second-order valence-corrected chi connectivity index (χ2v) is 12.0. The first-order valence-electron chi connectivity index (χ1n) is 15.2. The third kappa shape index (κ3) is 4.72. The highest BCUT2D eigenvalue weighted by molar-refractivity contribution is 5.93. The summed E-state index contributed by atoms with van der Waals surface area (Å²) in [6, 6.07) is 46.5. The molecule has 1 aliphatic rings. The van der Waals surface area contributed by atoms with E-state index in [1.165, 1.54) is 27.8 Å². The van der Waals surface area contributed by atoms with Crippen LogP contribution in [0.25, 0.3) is 67.5 Å². The van der Waals surface area contributed by atoms with E-state index in [2.05, 4.69) is 116 Å². The Kier molecular flexibility index (Phi) is 6.42. The molecule has 0 aliphatic heterocycles. The van der Waals surface area contributed by atoms with Crippen LogP contribution in [0.1, 0.15) is 25.0 Å². The molecule has 0 spiro atoms. The Labute approximate surface area is 263 Å². The van der Waals surface area contributed by atoms with Crippen LogP contribution >= 0.6 is 0 Å². The fourth-order valence-corrected chi connectivity index (χ4v) is 6.52. The van der Waals surface area contributed by atoms with Crippen LogP contribution in [0.5, 0.6) is 0 Å². The number of pyridine rings is 1. The molecule has 2 aromatic heterocycles. The Balaban J connectivity index is 1.25. The number of hydrogen-bond acceptors (Lipinski definition) is 4. The van der Waals surface area contributed by atoms with Gasteiger partial charge >= 0.3 is 0 Å². The first-order chi connectivity index (χ1) is 22.1. The number of aromatic nitrogens is 4. The molecule has 0 atom stereocenters. The molecule has 4 nitrogen and oxygen atoms in total. The van der Waals surface area contributed by atoms with Gasteiger partial charge in [-0.1, -0.05) is 135 Å². The fourth-order valence-electron chi connectivity index (χ4n) is 6.52. The van der Waals surface area contributed by atoms with E-state index in [0.717, 1.165) is 33.4 Å². The molecule has 2 heterocycles. The Morgan fingerprint density at radius 2 is 0.978 bits per heavy atom. The van der Waals surface area contributed by atoms with E-state index in [9.17, 15) is 0 Å². The van der Waals surface area contributed by atoms with Gasteiger partial charge in [-0.15, -0.1) is 0 Å². The van der Waals surface area contributed by atoms with Crippen LogP contribution in [0.2, 0.25) is 0 Å². The molecule has 214 valence electrons. The predicted octanol–water partition coefficient (Wildman–Crippen LogP) is 9.91. The predicted molar refractivity (Wildman–Crippen MR) is 182 cm³/mol. The summed E-state index contributed by atoms with van der Waals surface area (Å²) in [7, 11) is 0. The second-order valence-electron chi connectivity index (χ2n) is 12.0. The highest BCUT2D eigenvalue weighted by Crippen LogP contribution is 2.52. The summed E-state index contributed by atoms with van der Waals surface area (Å²) in [6.07, 6.45) is 3.66. The summed E-state index contributed by atoms with van der Waals surface area (Å²) < 4.78 is 0. The van der Waals surface area contributed by atoms with Gasteiger partial charge in [0.15, 0.2) is 17.5 Å². The van der Waals surface area contributed by atoms with Crippen LogP contribution in [-0.2, 0) is 5.41 Å². The van der Waals surface area contributed by atoms with Gasteiger partial charge in [-0.2, -0.15) is 0 Å². The van der Waals surface area contributed by atoms with Crippen LogP contribution in [0, 0.1) is 0 Å². The molecule has 7 aromatic rings. The molecule has 4 heteroatoms. The number of nitrogens with zero attached hydrogens (tertiary/aromatic N) is 4. The number of benzene rings is 5. The van der Waals surface area contributed by atoms with Gasteiger partial charge < -0.3 is 0 Å². The fraction of sp³-hybridized carbons (Fsp3) is 0.0732. The standard InChI is InChI=1S/C41H30N4/c1-41(2)35-18-7-6-16-34(35)37-33(17-9-19-36(37)41)30-13-8-14-31(25-30)40-44-38(28-11-4-3-5-12-28)43-39(45-40)29-22-20-27(21-23-29)32-15-10-24-42-26-32/h3-26H,1-2H3.